The van der Waals surface area contributed by atoms with Crippen molar-refractivity contribution in [2.45, 2.75) is 38.0 Å². The number of nitrogens with one attached hydrogen (secondary N) is 2. The van der Waals surface area contributed by atoms with Gasteiger partial charge in [-0.05, 0) is 44.6 Å². The first-order valence-electron chi connectivity index (χ1n) is 8.23. The van der Waals surface area contributed by atoms with Gasteiger partial charge in [-0.1, -0.05) is 6.07 Å². The van der Waals surface area contributed by atoms with Crippen LogP contribution < -0.4 is 15.5 Å². The van der Waals surface area contributed by atoms with Crippen LogP contribution in [0.1, 0.15) is 32.3 Å². The Bertz CT molecular complexity index is 512. The summed E-state index contributed by atoms with van der Waals surface area (Å²) < 4.78 is 0.191. The van der Waals surface area contributed by atoms with E-state index in [9.17, 15) is 0 Å². The van der Waals surface area contributed by atoms with Crippen molar-refractivity contribution in [1.82, 2.24) is 15.6 Å². The molecule has 24 heavy (non-hydrogen) atoms. The molecule has 2 rings (SSSR count). The fourth-order valence-corrected chi connectivity index (χ4v) is 2.65. The predicted octanol–water partition coefficient (Wildman–Crippen LogP) is 3.11. The summed E-state index contributed by atoms with van der Waals surface area (Å²) in [6.45, 7) is 8.31. The Balaban J connectivity index is 0.00000288. The van der Waals surface area contributed by atoms with Gasteiger partial charge in [-0.3, -0.25) is 4.99 Å². The van der Waals surface area contributed by atoms with Crippen LogP contribution in [0.4, 0.5) is 5.82 Å². The van der Waals surface area contributed by atoms with E-state index < -0.39 is 0 Å². The molecule has 0 aliphatic carbocycles. The normalized spacial score (nSPS) is 15.2. The highest BCUT2D eigenvalue weighted by Gasteiger charge is 2.16. The van der Waals surface area contributed by atoms with E-state index in [4.69, 9.17) is 0 Å². The molecule has 0 spiro atoms. The smallest absolute Gasteiger partial charge is 0.191 e. The van der Waals surface area contributed by atoms with Crippen LogP contribution >= 0.6 is 35.7 Å². The van der Waals surface area contributed by atoms with Crippen molar-refractivity contribution in [1.29, 1.82) is 0 Å². The van der Waals surface area contributed by atoms with Gasteiger partial charge in [0.2, 0.25) is 0 Å². The maximum atomic E-state index is 4.59. The zero-order valence-corrected chi connectivity index (χ0v) is 18.3. The molecule has 1 aliphatic heterocycles. The van der Waals surface area contributed by atoms with Crippen LogP contribution in [0.2, 0.25) is 0 Å². The lowest BCUT2D eigenvalue weighted by Gasteiger charge is -2.23. The number of pyridine rings is 1. The standard InChI is InChI=1S/C17H29N5S.HI/c1-17(2,23-4)13-21-16(18-3)20-12-14-7-8-15(19-11-14)22-9-5-6-10-22;/h7-8,11H,5-6,9-10,12-13H2,1-4H3,(H2,18,20,21);1H. The zero-order valence-electron chi connectivity index (χ0n) is 15.1. The monoisotopic (exact) mass is 463 g/mol. The molecule has 7 heteroatoms. The third kappa shape index (κ3) is 6.66. The van der Waals surface area contributed by atoms with Crippen molar-refractivity contribution in [3.05, 3.63) is 23.9 Å². The summed E-state index contributed by atoms with van der Waals surface area (Å²) in [5.74, 6) is 1.92. The highest BCUT2D eigenvalue weighted by atomic mass is 127. The first-order chi connectivity index (χ1) is 11.0. The third-order valence-electron chi connectivity index (χ3n) is 4.16. The van der Waals surface area contributed by atoms with Crippen LogP contribution in [-0.4, -0.2) is 48.6 Å². The Morgan fingerprint density at radius 2 is 2.00 bits per heavy atom. The van der Waals surface area contributed by atoms with E-state index >= 15 is 0 Å². The van der Waals surface area contributed by atoms with Crippen LogP contribution in [0.3, 0.4) is 0 Å². The molecule has 0 bridgehead atoms. The number of hydrogen-bond donors (Lipinski definition) is 2. The minimum Gasteiger partial charge on any atom is -0.357 e. The van der Waals surface area contributed by atoms with Crippen molar-refractivity contribution < 1.29 is 0 Å². The molecule has 0 radical (unpaired) electrons. The fraction of sp³-hybridized carbons (Fsp3) is 0.647. The summed E-state index contributed by atoms with van der Waals surface area (Å²) in [4.78, 5) is 11.2. The predicted molar refractivity (Wildman–Crippen MR) is 117 cm³/mol. The first-order valence-corrected chi connectivity index (χ1v) is 9.46. The molecular weight excluding hydrogens is 433 g/mol. The molecule has 0 amide bonds. The highest BCUT2D eigenvalue weighted by molar-refractivity contribution is 14.0. The van der Waals surface area contributed by atoms with Gasteiger partial charge in [-0.15, -0.1) is 24.0 Å². The van der Waals surface area contributed by atoms with Crippen LogP contribution in [0.15, 0.2) is 23.3 Å². The average molecular weight is 463 g/mol. The Morgan fingerprint density at radius 1 is 1.29 bits per heavy atom. The second kappa shape index (κ2) is 10.3. The summed E-state index contributed by atoms with van der Waals surface area (Å²) in [5, 5.41) is 6.72. The topological polar surface area (TPSA) is 52.6 Å². The molecule has 1 saturated heterocycles. The molecule has 1 aromatic rings. The Labute approximate surface area is 167 Å². The van der Waals surface area contributed by atoms with Gasteiger partial charge in [-0.2, -0.15) is 11.8 Å². The minimum absolute atomic E-state index is 0. The van der Waals surface area contributed by atoms with E-state index in [0.29, 0.717) is 0 Å². The molecular formula is C17H30IN5S. The SMILES string of the molecule is CN=C(NCc1ccc(N2CCCC2)nc1)NCC(C)(C)SC.I. The van der Waals surface area contributed by atoms with Crippen molar-refractivity contribution in [3.8, 4) is 0 Å². The molecule has 0 atom stereocenters. The van der Waals surface area contributed by atoms with Crippen molar-refractivity contribution in [3.63, 3.8) is 0 Å². The fourth-order valence-electron chi connectivity index (χ4n) is 2.43. The Hall–Kier alpha value is -0.700. The summed E-state index contributed by atoms with van der Waals surface area (Å²) >= 11 is 1.85. The van der Waals surface area contributed by atoms with E-state index in [-0.39, 0.29) is 28.7 Å². The van der Waals surface area contributed by atoms with Crippen LogP contribution in [-0.2, 0) is 6.54 Å². The van der Waals surface area contributed by atoms with Crippen LogP contribution in [0.5, 0.6) is 0 Å². The van der Waals surface area contributed by atoms with E-state index in [1.54, 1.807) is 7.05 Å². The zero-order chi connectivity index (χ0) is 16.7. The van der Waals surface area contributed by atoms with Gasteiger partial charge in [0.25, 0.3) is 0 Å². The molecule has 2 N–H and O–H groups in total. The number of hydrogen-bond acceptors (Lipinski definition) is 4. The van der Waals surface area contributed by atoms with Crippen LogP contribution in [0, 0.1) is 0 Å². The van der Waals surface area contributed by atoms with Gasteiger partial charge in [-0.25, -0.2) is 4.98 Å². The highest BCUT2D eigenvalue weighted by Crippen LogP contribution is 2.19. The van der Waals surface area contributed by atoms with Gasteiger partial charge in [0, 0.05) is 44.2 Å². The molecule has 1 aliphatic rings. The van der Waals surface area contributed by atoms with E-state index in [1.807, 2.05) is 18.0 Å². The second-order valence-corrected chi connectivity index (χ2v) is 7.98. The lowest BCUT2D eigenvalue weighted by Crippen LogP contribution is -2.43. The van der Waals surface area contributed by atoms with E-state index in [2.05, 4.69) is 57.7 Å². The molecule has 136 valence electrons. The Kier molecular flexibility index (Phi) is 9.18. The molecule has 5 nitrogen and oxygen atoms in total. The van der Waals surface area contributed by atoms with Gasteiger partial charge in [0.1, 0.15) is 5.82 Å². The molecule has 1 fully saturated rings. The lowest BCUT2D eigenvalue weighted by atomic mass is 10.2. The molecule has 0 aromatic carbocycles. The number of aromatic nitrogens is 1. The van der Waals surface area contributed by atoms with Gasteiger partial charge in [0.15, 0.2) is 5.96 Å². The number of rotatable bonds is 6. The first kappa shape index (κ1) is 21.3. The van der Waals surface area contributed by atoms with Gasteiger partial charge < -0.3 is 15.5 Å². The summed E-state index contributed by atoms with van der Waals surface area (Å²) in [7, 11) is 1.80. The summed E-state index contributed by atoms with van der Waals surface area (Å²) in [6.07, 6.45) is 6.64. The van der Waals surface area contributed by atoms with E-state index in [0.717, 1.165) is 38.0 Å². The van der Waals surface area contributed by atoms with Crippen molar-refractivity contribution in [2.75, 3.05) is 37.8 Å². The lowest BCUT2D eigenvalue weighted by molar-refractivity contribution is 0.664. The number of halogens is 1. The number of nitrogens with zero attached hydrogens (tertiary/aromatic N) is 3. The minimum atomic E-state index is 0. The summed E-state index contributed by atoms with van der Waals surface area (Å²) in [6, 6.07) is 4.27. The molecule has 1 aromatic heterocycles. The van der Waals surface area contributed by atoms with Crippen molar-refractivity contribution in [2.24, 2.45) is 4.99 Å². The number of anilines is 1. The average Bonchev–Trinajstić information content (AvgIpc) is 3.10. The maximum Gasteiger partial charge on any atom is 0.191 e. The van der Waals surface area contributed by atoms with Crippen LogP contribution in [0.25, 0.3) is 0 Å². The molecule has 2 heterocycles. The summed E-state index contributed by atoms with van der Waals surface area (Å²) in [5.41, 5.74) is 1.17. The number of thioether (sulfide) groups is 1. The maximum absolute atomic E-state index is 4.59. The van der Waals surface area contributed by atoms with E-state index in [1.165, 1.54) is 18.4 Å². The molecule has 0 saturated carbocycles. The molecule has 0 unspecified atom stereocenters. The van der Waals surface area contributed by atoms with Gasteiger partial charge in [0.05, 0.1) is 0 Å². The Morgan fingerprint density at radius 3 is 2.54 bits per heavy atom. The third-order valence-corrected chi connectivity index (χ3v) is 5.41. The number of guanidine groups is 1. The quantitative estimate of drug-likeness (QED) is 0.386. The van der Waals surface area contributed by atoms with Gasteiger partial charge >= 0.3 is 0 Å². The largest absolute Gasteiger partial charge is 0.357 e. The van der Waals surface area contributed by atoms with Crippen molar-refractivity contribution >= 4 is 47.5 Å². The number of aliphatic imine (C=N–C) groups is 1. The second-order valence-electron chi connectivity index (χ2n) is 6.46.